The van der Waals surface area contributed by atoms with Gasteiger partial charge in [-0.25, -0.2) is 0 Å². The van der Waals surface area contributed by atoms with Crippen molar-refractivity contribution in [1.82, 2.24) is 0 Å². The maximum absolute atomic E-state index is 12.7. The molecule has 0 saturated carbocycles. The molecule has 5 heteroatoms. The molecule has 0 unspecified atom stereocenters. The summed E-state index contributed by atoms with van der Waals surface area (Å²) in [6, 6.07) is 19.2. The van der Waals surface area contributed by atoms with E-state index in [1.54, 1.807) is 27.4 Å². The molecule has 0 spiro atoms. The average Bonchev–Trinajstić information content (AvgIpc) is 2.81. The maximum Gasteiger partial charge on any atom is 0.203 e. The van der Waals surface area contributed by atoms with Crippen LogP contribution < -0.4 is 18.9 Å². The fourth-order valence-corrected chi connectivity index (χ4v) is 3.26. The van der Waals surface area contributed by atoms with Crippen molar-refractivity contribution in [3.8, 4) is 34.1 Å². The number of rotatable bonds is 9. The highest BCUT2D eigenvalue weighted by Gasteiger charge is 2.18. The number of benzene rings is 3. The van der Waals surface area contributed by atoms with Gasteiger partial charge in [-0.2, -0.15) is 0 Å². The maximum atomic E-state index is 12.7. The van der Waals surface area contributed by atoms with E-state index >= 15 is 0 Å². The second-order valence-electron chi connectivity index (χ2n) is 6.67. The monoisotopic (exact) mass is 406 g/mol. The van der Waals surface area contributed by atoms with Gasteiger partial charge in [-0.05, 0) is 47.0 Å². The number of carbonyl (C=O) groups excluding carboxylic acids is 1. The number of ketones is 1. The van der Waals surface area contributed by atoms with Crippen LogP contribution in [-0.2, 0) is 6.61 Å². The molecule has 0 atom stereocenters. The third-order valence-electron chi connectivity index (χ3n) is 4.84. The lowest BCUT2D eigenvalue weighted by Crippen LogP contribution is -2.03. The number of hydrogen-bond donors (Lipinski definition) is 0. The predicted molar refractivity (Wildman–Crippen MR) is 117 cm³/mol. The molecule has 0 heterocycles. The second kappa shape index (κ2) is 9.83. The minimum Gasteiger partial charge on any atom is -0.493 e. The number of methoxy groups -OCH3 is 3. The molecule has 156 valence electrons. The zero-order valence-electron chi connectivity index (χ0n) is 17.7. The molecular weight excluding hydrogens is 380 g/mol. The fourth-order valence-electron chi connectivity index (χ4n) is 3.26. The average molecular weight is 406 g/mol. The van der Waals surface area contributed by atoms with Gasteiger partial charge in [0.25, 0.3) is 0 Å². The van der Waals surface area contributed by atoms with Gasteiger partial charge in [0, 0.05) is 12.0 Å². The smallest absolute Gasteiger partial charge is 0.203 e. The zero-order chi connectivity index (χ0) is 21.5. The molecular formula is C25H26O5. The molecule has 0 radical (unpaired) electrons. The van der Waals surface area contributed by atoms with Gasteiger partial charge >= 0.3 is 0 Å². The Balaban J connectivity index is 2.01. The zero-order valence-corrected chi connectivity index (χ0v) is 17.7. The largest absolute Gasteiger partial charge is 0.493 e. The van der Waals surface area contributed by atoms with Crippen molar-refractivity contribution in [2.24, 2.45) is 0 Å². The van der Waals surface area contributed by atoms with Crippen LogP contribution in [0.3, 0.4) is 0 Å². The Labute approximate surface area is 177 Å². The summed E-state index contributed by atoms with van der Waals surface area (Å²) in [7, 11) is 4.70. The van der Waals surface area contributed by atoms with E-state index in [0.29, 0.717) is 41.6 Å². The summed E-state index contributed by atoms with van der Waals surface area (Å²) in [6.07, 6.45) is 0.388. The SMILES string of the molecule is CCC(=O)c1cc(OCc2ccccc2)ccc1-c1cc(OC)c(OC)c(OC)c1. The summed E-state index contributed by atoms with van der Waals surface area (Å²) < 4.78 is 22.3. The van der Waals surface area contributed by atoms with E-state index in [0.717, 1.165) is 16.7 Å². The molecule has 5 nitrogen and oxygen atoms in total. The van der Waals surface area contributed by atoms with Crippen molar-refractivity contribution in [2.45, 2.75) is 20.0 Å². The van der Waals surface area contributed by atoms with Crippen LogP contribution >= 0.6 is 0 Å². The van der Waals surface area contributed by atoms with Crippen LogP contribution in [-0.4, -0.2) is 27.1 Å². The van der Waals surface area contributed by atoms with E-state index in [9.17, 15) is 4.79 Å². The lowest BCUT2D eigenvalue weighted by Gasteiger charge is -2.16. The molecule has 0 saturated heterocycles. The van der Waals surface area contributed by atoms with Crippen LogP contribution in [0.2, 0.25) is 0 Å². The Morgan fingerprint density at radius 2 is 1.50 bits per heavy atom. The molecule has 0 fully saturated rings. The van der Waals surface area contributed by atoms with Gasteiger partial charge < -0.3 is 18.9 Å². The van der Waals surface area contributed by atoms with Gasteiger partial charge in [0.15, 0.2) is 17.3 Å². The second-order valence-corrected chi connectivity index (χ2v) is 6.67. The first-order chi connectivity index (χ1) is 14.6. The van der Waals surface area contributed by atoms with Crippen LogP contribution in [0.15, 0.2) is 60.7 Å². The van der Waals surface area contributed by atoms with Crippen LogP contribution in [0.4, 0.5) is 0 Å². The molecule has 3 aromatic carbocycles. The van der Waals surface area contributed by atoms with Crippen LogP contribution in [0.1, 0.15) is 29.3 Å². The van der Waals surface area contributed by atoms with Crippen molar-refractivity contribution < 1.29 is 23.7 Å². The van der Waals surface area contributed by atoms with Gasteiger partial charge in [0.05, 0.1) is 21.3 Å². The van der Waals surface area contributed by atoms with E-state index in [2.05, 4.69) is 0 Å². The Morgan fingerprint density at radius 1 is 0.833 bits per heavy atom. The molecule has 3 rings (SSSR count). The Morgan fingerprint density at radius 3 is 2.07 bits per heavy atom. The van der Waals surface area contributed by atoms with Crippen molar-refractivity contribution in [3.63, 3.8) is 0 Å². The number of carbonyl (C=O) groups is 1. The Kier molecular flexibility index (Phi) is 6.96. The Hall–Kier alpha value is -3.47. The number of hydrogen-bond acceptors (Lipinski definition) is 5. The summed E-state index contributed by atoms with van der Waals surface area (Å²) in [5.74, 6) is 2.25. The molecule has 0 aromatic heterocycles. The highest BCUT2D eigenvalue weighted by Crippen LogP contribution is 2.42. The van der Waals surface area contributed by atoms with Crippen molar-refractivity contribution in [2.75, 3.05) is 21.3 Å². The molecule has 0 bridgehead atoms. The number of ether oxygens (including phenoxy) is 4. The summed E-state index contributed by atoms with van der Waals surface area (Å²) >= 11 is 0. The molecule has 0 aliphatic heterocycles. The van der Waals surface area contributed by atoms with Crippen molar-refractivity contribution >= 4 is 5.78 Å². The summed E-state index contributed by atoms with van der Waals surface area (Å²) in [5.41, 5.74) is 3.25. The summed E-state index contributed by atoms with van der Waals surface area (Å²) in [4.78, 5) is 12.7. The first-order valence-corrected chi connectivity index (χ1v) is 9.75. The molecule has 0 amide bonds. The van der Waals surface area contributed by atoms with Crippen LogP contribution in [0.5, 0.6) is 23.0 Å². The third kappa shape index (κ3) is 4.57. The molecule has 0 aliphatic carbocycles. The van der Waals surface area contributed by atoms with Gasteiger partial charge in [0.2, 0.25) is 5.75 Å². The van der Waals surface area contributed by atoms with E-state index < -0.39 is 0 Å². The third-order valence-corrected chi connectivity index (χ3v) is 4.84. The Bertz CT molecular complexity index is 986. The van der Waals surface area contributed by atoms with Crippen molar-refractivity contribution in [1.29, 1.82) is 0 Å². The standard InChI is InChI=1S/C25H26O5/c1-5-22(26)21-15-19(30-16-17-9-7-6-8-10-17)11-12-20(21)18-13-23(27-2)25(29-4)24(14-18)28-3/h6-15H,5,16H2,1-4H3. The van der Waals surface area contributed by atoms with Crippen LogP contribution in [0, 0.1) is 0 Å². The normalized spacial score (nSPS) is 10.4. The first kappa shape index (κ1) is 21.2. The van der Waals surface area contributed by atoms with E-state index in [-0.39, 0.29) is 5.78 Å². The summed E-state index contributed by atoms with van der Waals surface area (Å²) in [6.45, 7) is 2.28. The van der Waals surface area contributed by atoms with E-state index in [1.165, 1.54) is 0 Å². The van der Waals surface area contributed by atoms with Crippen molar-refractivity contribution in [3.05, 3.63) is 71.8 Å². The minimum atomic E-state index is 0.0314. The number of Topliss-reactive ketones (excluding diaryl/α,β-unsaturated/α-hetero) is 1. The topological polar surface area (TPSA) is 54.0 Å². The van der Waals surface area contributed by atoms with Gasteiger partial charge in [-0.3, -0.25) is 4.79 Å². The molecule has 3 aromatic rings. The van der Waals surface area contributed by atoms with Gasteiger partial charge in [-0.15, -0.1) is 0 Å². The van der Waals surface area contributed by atoms with Gasteiger partial charge in [0.1, 0.15) is 12.4 Å². The van der Waals surface area contributed by atoms with E-state index in [1.807, 2.05) is 61.5 Å². The fraction of sp³-hybridized carbons (Fsp3) is 0.240. The first-order valence-electron chi connectivity index (χ1n) is 9.75. The summed E-state index contributed by atoms with van der Waals surface area (Å²) in [5, 5.41) is 0. The van der Waals surface area contributed by atoms with Gasteiger partial charge in [-0.1, -0.05) is 37.3 Å². The lowest BCUT2D eigenvalue weighted by molar-refractivity contribution is 0.0988. The molecule has 0 N–H and O–H groups in total. The van der Waals surface area contributed by atoms with Crippen LogP contribution in [0.25, 0.3) is 11.1 Å². The van der Waals surface area contributed by atoms with E-state index in [4.69, 9.17) is 18.9 Å². The minimum absolute atomic E-state index is 0.0314. The highest BCUT2D eigenvalue weighted by molar-refractivity contribution is 6.02. The quantitative estimate of drug-likeness (QED) is 0.436. The lowest BCUT2D eigenvalue weighted by atomic mass is 9.95. The molecule has 30 heavy (non-hydrogen) atoms. The predicted octanol–water partition coefficient (Wildman–Crippen LogP) is 5.55. The highest BCUT2D eigenvalue weighted by atomic mass is 16.5. The molecule has 0 aliphatic rings.